The predicted octanol–water partition coefficient (Wildman–Crippen LogP) is 3.33. The normalized spacial score (nSPS) is 14.6. The number of benzene rings is 2. The predicted molar refractivity (Wildman–Crippen MR) is 110 cm³/mol. The maximum atomic E-state index is 13.0. The van der Waals surface area contributed by atoms with E-state index in [0.717, 1.165) is 44.8 Å². The molecule has 0 atom stereocenters. The number of hydrogen-bond acceptors (Lipinski definition) is 5. The van der Waals surface area contributed by atoms with Gasteiger partial charge in [-0.3, -0.25) is 19.8 Å². The highest BCUT2D eigenvalue weighted by atomic mass is 35.5. The second kappa shape index (κ2) is 9.67. The Morgan fingerprint density at radius 1 is 1.14 bits per heavy atom. The van der Waals surface area contributed by atoms with Crippen LogP contribution in [0, 0.1) is 15.9 Å². The molecule has 0 spiro atoms. The Kier molecular flexibility index (Phi) is 7.00. The molecule has 1 heterocycles. The van der Waals surface area contributed by atoms with Crippen LogP contribution in [0.5, 0.6) is 0 Å². The molecule has 0 aliphatic carbocycles. The Bertz CT molecular complexity index is 871. The van der Waals surface area contributed by atoms with Crippen molar-refractivity contribution in [1.29, 1.82) is 0 Å². The average molecular weight is 421 g/mol. The fourth-order valence-corrected chi connectivity index (χ4v) is 3.54. The second-order valence-corrected chi connectivity index (χ2v) is 7.24. The number of halogens is 2. The van der Waals surface area contributed by atoms with E-state index >= 15 is 0 Å². The van der Waals surface area contributed by atoms with Crippen molar-refractivity contribution in [2.45, 2.75) is 6.42 Å². The molecule has 0 bridgehead atoms. The minimum atomic E-state index is -0.552. The number of anilines is 1. The minimum absolute atomic E-state index is 0.0635. The van der Waals surface area contributed by atoms with Crippen LogP contribution in [-0.4, -0.2) is 55.0 Å². The van der Waals surface area contributed by atoms with Gasteiger partial charge >= 0.3 is 0 Å². The number of nitro groups is 1. The van der Waals surface area contributed by atoms with Gasteiger partial charge in [-0.1, -0.05) is 11.6 Å². The Morgan fingerprint density at radius 3 is 2.45 bits per heavy atom. The van der Waals surface area contributed by atoms with Gasteiger partial charge in [-0.25, -0.2) is 4.39 Å². The van der Waals surface area contributed by atoms with Crippen molar-refractivity contribution in [3.63, 3.8) is 0 Å². The largest absolute Gasteiger partial charge is 0.369 e. The standard InChI is InChI=1S/C20H22ClFN4O3/c21-19-14-17(26(28)29)6-7-18(19)20(27)23-8-1-9-24-10-12-25(13-11-24)16-4-2-15(22)3-5-16/h2-7,14H,1,8-13H2,(H,23,27). The van der Waals surface area contributed by atoms with Crippen LogP contribution in [0.2, 0.25) is 5.02 Å². The highest BCUT2D eigenvalue weighted by Gasteiger charge is 2.18. The number of nitro benzene ring substituents is 1. The van der Waals surface area contributed by atoms with Crippen molar-refractivity contribution in [3.05, 3.63) is 69.0 Å². The van der Waals surface area contributed by atoms with Crippen LogP contribution in [0.3, 0.4) is 0 Å². The third-order valence-corrected chi connectivity index (χ3v) is 5.22. The fourth-order valence-electron chi connectivity index (χ4n) is 3.28. The van der Waals surface area contributed by atoms with Crippen molar-refractivity contribution in [3.8, 4) is 0 Å². The number of hydrogen-bond donors (Lipinski definition) is 1. The first-order valence-corrected chi connectivity index (χ1v) is 9.77. The van der Waals surface area contributed by atoms with Crippen molar-refractivity contribution in [2.24, 2.45) is 0 Å². The van der Waals surface area contributed by atoms with Crippen molar-refractivity contribution in [2.75, 3.05) is 44.2 Å². The molecular weight excluding hydrogens is 399 g/mol. The first kappa shape index (κ1) is 21.0. The molecule has 1 aliphatic heterocycles. The van der Waals surface area contributed by atoms with Gasteiger partial charge in [0.05, 0.1) is 15.5 Å². The Labute approximate surface area is 173 Å². The van der Waals surface area contributed by atoms with Crippen molar-refractivity contribution in [1.82, 2.24) is 10.2 Å². The van der Waals surface area contributed by atoms with Gasteiger partial charge in [-0.2, -0.15) is 0 Å². The molecule has 2 aromatic carbocycles. The zero-order chi connectivity index (χ0) is 20.8. The highest BCUT2D eigenvalue weighted by molar-refractivity contribution is 6.34. The summed E-state index contributed by atoms with van der Waals surface area (Å²) in [6.07, 6.45) is 0.785. The number of rotatable bonds is 7. The summed E-state index contributed by atoms with van der Waals surface area (Å²) >= 11 is 5.98. The monoisotopic (exact) mass is 420 g/mol. The van der Waals surface area contributed by atoms with Crippen LogP contribution >= 0.6 is 11.6 Å². The maximum Gasteiger partial charge on any atom is 0.270 e. The SMILES string of the molecule is O=C(NCCCN1CCN(c2ccc(F)cc2)CC1)c1ccc([N+](=O)[O-])cc1Cl. The molecule has 2 aromatic rings. The number of nitrogens with one attached hydrogen (secondary N) is 1. The molecule has 3 rings (SSSR count). The topological polar surface area (TPSA) is 78.7 Å². The summed E-state index contributed by atoms with van der Waals surface area (Å²) in [4.78, 5) is 26.9. The Morgan fingerprint density at radius 2 is 1.83 bits per heavy atom. The molecular formula is C20H22ClFN4O3. The summed E-state index contributed by atoms with van der Waals surface area (Å²) < 4.78 is 13.0. The van der Waals surface area contributed by atoms with Gasteiger partial charge in [-0.15, -0.1) is 0 Å². The zero-order valence-electron chi connectivity index (χ0n) is 15.8. The fraction of sp³-hybridized carbons (Fsp3) is 0.350. The zero-order valence-corrected chi connectivity index (χ0v) is 16.6. The first-order chi connectivity index (χ1) is 13.9. The summed E-state index contributed by atoms with van der Waals surface area (Å²) in [6.45, 7) is 4.89. The molecule has 0 unspecified atom stereocenters. The molecule has 1 fully saturated rings. The van der Waals surface area contributed by atoms with E-state index in [0.29, 0.717) is 6.54 Å². The molecule has 1 aliphatic rings. The quantitative estimate of drug-likeness (QED) is 0.422. The van der Waals surface area contributed by atoms with Crippen molar-refractivity contribution >= 4 is 28.9 Å². The van der Waals surface area contributed by atoms with Gasteiger partial charge in [0, 0.05) is 50.5 Å². The third-order valence-electron chi connectivity index (χ3n) is 4.91. The van der Waals surface area contributed by atoms with Gasteiger partial charge in [0.2, 0.25) is 0 Å². The Hall–Kier alpha value is -2.71. The van der Waals surface area contributed by atoms with Crippen LogP contribution in [-0.2, 0) is 0 Å². The van der Waals surface area contributed by atoms with E-state index in [4.69, 9.17) is 11.6 Å². The lowest BCUT2D eigenvalue weighted by molar-refractivity contribution is -0.384. The lowest BCUT2D eigenvalue weighted by Crippen LogP contribution is -2.47. The van der Waals surface area contributed by atoms with Gasteiger partial charge in [0.1, 0.15) is 5.82 Å². The Balaban J connectivity index is 1.38. The number of non-ortho nitro benzene ring substituents is 1. The molecule has 0 radical (unpaired) electrons. The number of carbonyl (C=O) groups excluding carboxylic acids is 1. The van der Waals surface area contributed by atoms with Gasteiger partial charge in [0.25, 0.3) is 11.6 Å². The van der Waals surface area contributed by atoms with Crippen LogP contribution in [0.25, 0.3) is 0 Å². The van der Waals surface area contributed by atoms with Crippen LogP contribution in [0.1, 0.15) is 16.8 Å². The van der Waals surface area contributed by atoms with Crippen molar-refractivity contribution < 1.29 is 14.1 Å². The molecule has 154 valence electrons. The highest BCUT2D eigenvalue weighted by Crippen LogP contribution is 2.22. The minimum Gasteiger partial charge on any atom is -0.369 e. The summed E-state index contributed by atoms with van der Waals surface area (Å²) in [5.74, 6) is -0.574. The molecule has 9 heteroatoms. The summed E-state index contributed by atoms with van der Waals surface area (Å²) in [7, 11) is 0. The van der Waals surface area contributed by atoms with E-state index < -0.39 is 4.92 Å². The number of amides is 1. The summed E-state index contributed by atoms with van der Waals surface area (Å²) in [5, 5.41) is 13.6. The molecule has 1 amide bonds. The van der Waals surface area contributed by atoms with E-state index in [1.807, 2.05) is 0 Å². The lowest BCUT2D eigenvalue weighted by Gasteiger charge is -2.36. The molecule has 1 N–H and O–H groups in total. The number of piperazine rings is 1. The van der Waals surface area contributed by atoms with Crippen LogP contribution < -0.4 is 10.2 Å². The van der Waals surface area contributed by atoms with Crippen LogP contribution in [0.15, 0.2) is 42.5 Å². The maximum absolute atomic E-state index is 13.0. The summed E-state index contributed by atoms with van der Waals surface area (Å²) in [6, 6.07) is 10.3. The van der Waals surface area contributed by atoms with Gasteiger partial charge < -0.3 is 10.2 Å². The second-order valence-electron chi connectivity index (χ2n) is 6.84. The smallest absolute Gasteiger partial charge is 0.270 e. The van der Waals surface area contributed by atoms with E-state index in [1.165, 1.54) is 30.3 Å². The van der Waals surface area contributed by atoms with E-state index in [1.54, 1.807) is 12.1 Å². The average Bonchev–Trinajstić information content (AvgIpc) is 2.72. The molecule has 0 saturated carbocycles. The number of nitrogens with zero attached hydrogens (tertiary/aromatic N) is 3. The van der Waals surface area contributed by atoms with Gasteiger partial charge in [0.15, 0.2) is 0 Å². The van der Waals surface area contributed by atoms with E-state index in [2.05, 4.69) is 15.1 Å². The molecule has 0 aromatic heterocycles. The lowest BCUT2D eigenvalue weighted by atomic mass is 10.2. The molecule has 1 saturated heterocycles. The number of carbonyl (C=O) groups is 1. The summed E-state index contributed by atoms with van der Waals surface area (Å²) in [5.41, 5.74) is 1.11. The van der Waals surface area contributed by atoms with E-state index in [9.17, 15) is 19.3 Å². The van der Waals surface area contributed by atoms with Gasteiger partial charge in [-0.05, 0) is 43.3 Å². The third kappa shape index (κ3) is 5.65. The molecule has 7 nitrogen and oxygen atoms in total. The van der Waals surface area contributed by atoms with Crippen LogP contribution in [0.4, 0.5) is 15.8 Å². The van der Waals surface area contributed by atoms with E-state index in [-0.39, 0.29) is 28.0 Å². The first-order valence-electron chi connectivity index (χ1n) is 9.39. The molecule has 29 heavy (non-hydrogen) atoms.